The predicted molar refractivity (Wildman–Crippen MR) is 119 cm³/mol. The van der Waals surface area contributed by atoms with Crippen molar-refractivity contribution in [3.8, 4) is 0 Å². The third-order valence-electron chi connectivity index (χ3n) is 5.20. The Hall–Kier alpha value is -2.04. The lowest BCUT2D eigenvalue weighted by atomic mass is 9.89. The number of carbonyl (C=O) groups is 1. The molecular formula is C23H23ClN2OS. The minimum atomic E-state index is 0.0557. The quantitative estimate of drug-likeness (QED) is 0.537. The second kappa shape index (κ2) is 8.97. The smallest absolute Gasteiger partial charge is 0.266 e. The third-order valence-corrected chi connectivity index (χ3v) is 6.46. The second-order valence-corrected chi connectivity index (χ2v) is 8.76. The molecule has 4 rings (SSSR count). The molecular weight excluding hydrogens is 388 g/mol. The maximum Gasteiger partial charge on any atom is 0.266 e. The summed E-state index contributed by atoms with van der Waals surface area (Å²) >= 11 is 7.45. The second-order valence-electron chi connectivity index (χ2n) is 7.31. The van der Waals surface area contributed by atoms with Crippen LogP contribution in [0, 0.1) is 5.92 Å². The number of rotatable bonds is 4. The third kappa shape index (κ3) is 4.68. The Balaban J connectivity index is 1.62. The van der Waals surface area contributed by atoms with Gasteiger partial charge in [-0.25, -0.2) is 4.99 Å². The standard InChI is InChI=1S/C23H23ClN2OS/c24-19-13-11-17(12-14-19)15-21-22(27)26(16-18-7-3-1-4-8-18)23(28-21)25-20-9-5-2-6-10-20/h2,5-6,9-15,18H,1,3-4,7-8,16H2/b21-15-,25-23?. The van der Waals surface area contributed by atoms with E-state index in [1.165, 1.54) is 43.9 Å². The van der Waals surface area contributed by atoms with E-state index < -0.39 is 0 Å². The Morgan fingerprint density at radius 1 is 1.04 bits per heavy atom. The maximum absolute atomic E-state index is 13.2. The zero-order chi connectivity index (χ0) is 19.3. The molecule has 2 aliphatic rings. The van der Waals surface area contributed by atoms with Crippen LogP contribution in [0.1, 0.15) is 37.7 Å². The van der Waals surface area contributed by atoms with Crippen LogP contribution in [0.4, 0.5) is 5.69 Å². The summed E-state index contributed by atoms with van der Waals surface area (Å²) in [5.41, 5.74) is 1.85. The van der Waals surface area contributed by atoms with Crippen LogP contribution in [-0.2, 0) is 4.79 Å². The van der Waals surface area contributed by atoms with Crippen LogP contribution in [0.15, 0.2) is 64.5 Å². The predicted octanol–water partition coefficient (Wildman–Crippen LogP) is 6.52. The van der Waals surface area contributed by atoms with E-state index in [4.69, 9.17) is 16.6 Å². The van der Waals surface area contributed by atoms with Gasteiger partial charge in [0.05, 0.1) is 10.6 Å². The van der Waals surface area contributed by atoms with E-state index in [2.05, 4.69) is 0 Å². The number of thioether (sulfide) groups is 1. The number of nitrogens with zero attached hydrogens (tertiary/aromatic N) is 2. The summed E-state index contributed by atoms with van der Waals surface area (Å²) in [6.45, 7) is 0.759. The Morgan fingerprint density at radius 2 is 1.75 bits per heavy atom. The van der Waals surface area contributed by atoms with Crippen molar-refractivity contribution in [3.05, 3.63) is 70.1 Å². The summed E-state index contributed by atoms with van der Waals surface area (Å²) in [7, 11) is 0. The van der Waals surface area contributed by atoms with Crippen molar-refractivity contribution >= 4 is 46.2 Å². The zero-order valence-electron chi connectivity index (χ0n) is 15.7. The number of aliphatic imine (C=N–C) groups is 1. The molecule has 0 aromatic heterocycles. The van der Waals surface area contributed by atoms with Gasteiger partial charge >= 0.3 is 0 Å². The fraction of sp³-hybridized carbons (Fsp3) is 0.304. The minimum absolute atomic E-state index is 0.0557. The van der Waals surface area contributed by atoms with Crippen LogP contribution in [0.3, 0.4) is 0 Å². The highest BCUT2D eigenvalue weighted by molar-refractivity contribution is 8.18. The summed E-state index contributed by atoms with van der Waals surface area (Å²) in [6.07, 6.45) is 8.17. The van der Waals surface area contributed by atoms with Crippen LogP contribution in [0.2, 0.25) is 5.02 Å². The largest absolute Gasteiger partial charge is 0.286 e. The topological polar surface area (TPSA) is 32.7 Å². The van der Waals surface area contributed by atoms with Gasteiger partial charge in [-0.2, -0.15) is 0 Å². The molecule has 2 aromatic rings. The van der Waals surface area contributed by atoms with Crippen molar-refractivity contribution < 1.29 is 4.79 Å². The van der Waals surface area contributed by atoms with E-state index in [0.717, 1.165) is 23.0 Å². The van der Waals surface area contributed by atoms with E-state index in [9.17, 15) is 4.79 Å². The fourth-order valence-electron chi connectivity index (χ4n) is 3.70. The van der Waals surface area contributed by atoms with Crippen LogP contribution < -0.4 is 0 Å². The Kier molecular flexibility index (Phi) is 6.18. The molecule has 0 unspecified atom stereocenters. The molecule has 0 radical (unpaired) electrons. The molecule has 1 saturated heterocycles. The minimum Gasteiger partial charge on any atom is -0.286 e. The monoisotopic (exact) mass is 410 g/mol. The molecule has 0 N–H and O–H groups in total. The molecule has 1 aliphatic carbocycles. The molecule has 144 valence electrons. The van der Waals surface area contributed by atoms with E-state index in [-0.39, 0.29) is 5.91 Å². The molecule has 5 heteroatoms. The molecule has 1 saturated carbocycles. The maximum atomic E-state index is 13.2. The van der Waals surface area contributed by atoms with Gasteiger partial charge < -0.3 is 0 Å². The van der Waals surface area contributed by atoms with Gasteiger partial charge in [-0.3, -0.25) is 9.69 Å². The lowest BCUT2D eigenvalue weighted by molar-refractivity contribution is -0.122. The normalized spacial score (nSPS) is 21.0. The average Bonchev–Trinajstić information content (AvgIpc) is 3.00. The first-order valence-electron chi connectivity index (χ1n) is 9.80. The van der Waals surface area contributed by atoms with Gasteiger partial charge in [0.1, 0.15) is 0 Å². The van der Waals surface area contributed by atoms with Gasteiger partial charge in [0, 0.05) is 11.6 Å². The molecule has 3 nitrogen and oxygen atoms in total. The average molecular weight is 411 g/mol. The van der Waals surface area contributed by atoms with Crippen LogP contribution in [0.25, 0.3) is 6.08 Å². The molecule has 28 heavy (non-hydrogen) atoms. The molecule has 0 atom stereocenters. The first kappa shape index (κ1) is 19.3. The van der Waals surface area contributed by atoms with Crippen molar-refractivity contribution in [2.45, 2.75) is 32.1 Å². The molecule has 2 fully saturated rings. The molecule has 1 heterocycles. The first-order chi connectivity index (χ1) is 13.7. The van der Waals surface area contributed by atoms with Crippen molar-refractivity contribution in [2.24, 2.45) is 10.9 Å². The number of hydrogen-bond acceptors (Lipinski definition) is 3. The van der Waals surface area contributed by atoms with E-state index >= 15 is 0 Å². The van der Waals surface area contributed by atoms with E-state index in [0.29, 0.717) is 15.8 Å². The van der Waals surface area contributed by atoms with Crippen molar-refractivity contribution in [1.82, 2.24) is 4.90 Å². The number of carbonyl (C=O) groups excluding carboxylic acids is 1. The molecule has 2 aromatic carbocycles. The molecule has 1 aliphatic heterocycles. The zero-order valence-corrected chi connectivity index (χ0v) is 17.3. The van der Waals surface area contributed by atoms with Crippen LogP contribution in [-0.4, -0.2) is 22.5 Å². The van der Waals surface area contributed by atoms with Gasteiger partial charge in [0.2, 0.25) is 0 Å². The van der Waals surface area contributed by atoms with Crippen molar-refractivity contribution in [3.63, 3.8) is 0 Å². The molecule has 0 spiro atoms. The highest BCUT2D eigenvalue weighted by atomic mass is 35.5. The summed E-state index contributed by atoms with van der Waals surface area (Å²) in [5, 5.41) is 1.47. The van der Waals surface area contributed by atoms with Gasteiger partial charge in [-0.1, -0.05) is 61.2 Å². The van der Waals surface area contributed by atoms with Gasteiger partial charge in [-0.15, -0.1) is 0 Å². The number of para-hydroxylation sites is 1. The highest BCUT2D eigenvalue weighted by Gasteiger charge is 2.35. The lowest BCUT2D eigenvalue weighted by Gasteiger charge is -2.26. The Bertz CT molecular complexity index is 887. The number of amidine groups is 1. The van der Waals surface area contributed by atoms with E-state index in [1.807, 2.05) is 65.6 Å². The summed E-state index contributed by atoms with van der Waals surface area (Å²) < 4.78 is 0. The number of hydrogen-bond donors (Lipinski definition) is 0. The van der Waals surface area contributed by atoms with E-state index in [1.54, 1.807) is 0 Å². The highest BCUT2D eigenvalue weighted by Crippen LogP contribution is 2.36. The van der Waals surface area contributed by atoms with Crippen LogP contribution in [0.5, 0.6) is 0 Å². The van der Waals surface area contributed by atoms with Gasteiger partial charge in [-0.05, 0) is 66.4 Å². The number of halogens is 1. The van der Waals surface area contributed by atoms with Crippen LogP contribution >= 0.6 is 23.4 Å². The number of benzene rings is 2. The van der Waals surface area contributed by atoms with Crippen molar-refractivity contribution in [1.29, 1.82) is 0 Å². The summed E-state index contributed by atoms with van der Waals surface area (Å²) in [4.78, 5) is 20.6. The van der Waals surface area contributed by atoms with Gasteiger partial charge in [0.25, 0.3) is 5.91 Å². The lowest BCUT2D eigenvalue weighted by Crippen LogP contribution is -2.34. The SMILES string of the molecule is O=C1/C(=C/c2ccc(Cl)cc2)SC(=Nc2ccccc2)N1CC1CCCCC1. The van der Waals surface area contributed by atoms with Gasteiger partial charge in [0.15, 0.2) is 5.17 Å². The Morgan fingerprint density at radius 3 is 2.46 bits per heavy atom. The molecule has 1 amide bonds. The summed E-state index contributed by atoms with van der Waals surface area (Å²) in [6, 6.07) is 17.4. The first-order valence-corrected chi connectivity index (χ1v) is 11.0. The fourth-order valence-corrected chi connectivity index (χ4v) is 4.84. The number of amides is 1. The van der Waals surface area contributed by atoms with Crippen molar-refractivity contribution in [2.75, 3.05) is 6.54 Å². The molecule has 0 bridgehead atoms. The Labute approximate surface area is 175 Å². The summed E-state index contributed by atoms with van der Waals surface area (Å²) in [5.74, 6) is 0.620.